The summed E-state index contributed by atoms with van der Waals surface area (Å²) in [7, 11) is 1.36. The molecule has 0 radical (unpaired) electrons. The monoisotopic (exact) mass is 337 g/mol. The van der Waals surface area contributed by atoms with Gasteiger partial charge in [0.25, 0.3) is 0 Å². The summed E-state index contributed by atoms with van der Waals surface area (Å²) in [5.41, 5.74) is 3.71. The van der Waals surface area contributed by atoms with Crippen molar-refractivity contribution in [2.75, 3.05) is 27.9 Å². The summed E-state index contributed by atoms with van der Waals surface area (Å²) in [4.78, 5) is 2.24. The van der Waals surface area contributed by atoms with Gasteiger partial charge in [-0.25, -0.2) is 0 Å². The van der Waals surface area contributed by atoms with E-state index < -0.39 is 12.9 Å². The van der Waals surface area contributed by atoms with Crippen molar-refractivity contribution in [1.29, 1.82) is 0 Å². The summed E-state index contributed by atoms with van der Waals surface area (Å²) in [6.45, 7) is 5.03. The van der Waals surface area contributed by atoms with E-state index in [0.717, 1.165) is 17.9 Å². The van der Waals surface area contributed by atoms with Gasteiger partial charge in [-0.3, -0.25) is 9.46 Å². The van der Waals surface area contributed by atoms with Crippen LogP contribution in [0.4, 0.5) is 0 Å². The van der Waals surface area contributed by atoms with Crippen molar-refractivity contribution >= 4 is 7.60 Å². The minimum Gasteiger partial charge on any atom is -0.497 e. The van der Waals surface area contributed by atoms with Crippen molar-refractivity contribution in [3.63, 3.8) is 0 Å². The Kier molecular flexibility index (Phi) is 4.18. The summed E-state index contributed by atoms with van der Waals surface area (Å²) in [5, 5.41) is -0.589. The molecule has 2 aliphatic heterocycles. The molecule has 1 fully saturated rings. The number of hydrogen-bond acceptors (Lipinski definition) is 5. The molecule has 2 aliphatic rings. The van der Waals surface area contributed by atoms with Crippen LogP contribution in [0.3, 0.4) is 0 Å². The number of methoxy groups -OCH3 is 1. The van der Waals surface area contributed by atoms with E-state index in [9.17, 15) is 4.57 Å². The lowest BCUT2D eigenvalue weighted by Gasteiger charge is -2.29. The molecule has 0 amide bonds. The molecule has 1 aromatic rings. The second-order valence-electron chi connectivity index (χ2n) is 6.28. The summed E-state index contributed by atoms with van der Waals surface area (Å²) >= 11 is 0. The molecule has 126 valence electrons. The zero-order valence-corrected chi connectivity index (χ0v) is 15.2. The quantitative estimate of drug-likeness (QED) is 0.462. The molecule has 3 rings (SSSR count). The first-order valence-corrected chi connectivity index (χ1v) is 9.25. The lowest BCUT2D eigenvalue weighted by molar-refractivity contribution is 0.247. The molecule has 0 bridgehead atoms. The Hall–Kier alpha value is -1.13. The first-order chi connectivity index (χ1) is 10.9. The number of nitrogens with zero attached hydrogens (tertiary/aromatic N) is 1. The van der Waals surface area contributed by atoms with E-state index in [4.69, 9.17) is 13.8 Å². The van der Waals surface area contributed by atoms with Crippen molar-refractivity contribution in [3.05, 3.63) is 41.0 Å². The normalized spacial score (nSPS) is 30.1. The first kappa shape index (κ1) is 16.7. The van der Waals surface area contributed by atoms with E-state index >= 15 is 0 Å². The van der Waals surface area contributed by atoms with Crippen LogP contribution in [0.5, 0.6) is 5.75 Å². The highest BCUT2D eigenvalue weighted by atomic mass is 31.2. The highest BCUT2D eigenvalue weighted by Crippen LogP contribution is 2.79. The molecule has 5 nitrogen and oxygen atoms in total. The highest BCUT2D eigenvalue weighted by Gasteiger charge is 2.75. The van der Waals surface area contributed by atoms with Gasteiger partial charge in [-0.1, -0.05) is 23.3 Å². The molecule has 0 aromatic heterocycles. The number of fused-ring (bicyclic) bond motifs is 1. The summed E-state index contributed by atoms with van der Waals surface area (Å²) in [5.74, 6) is 0.813. The first-order valence-electron chi connectivity index (χ1n) is 7.71. The topological polar surface area (TPSA) is 47.8 Å². The Morgan fingerprint density at radius 2 is 1.70 bits per heavy atom. The van der Waals surface area contributed by atoms with Crippen molar-refractivity contribution < 1.29 is 18.3 Å². The van der Waals surface area contributed by atoms with Crippen LogP contribution in [-0.2, 0) is 13.6 Å². The van der Waals surface area contributed by atoms with Gasteiger partial charge in [-0.15, -0.1) is 0 Å². The molecule has 3 atom stereocenters. The molecule has 6 heteroatoms. The third-order valence-electron chi connectivity index (χ3n) is 5.23. The maximum atomic E-state index is 13.3. The maximum Gasteiger partial charge on any atom is 0.352 e. The third kappa shape index (κ3) is 2.30. The van der Waals surface area contributed by atoms with Gasteiger partial charge in [-0.05, 0) is 31.5 Å². The Balaban J connectivity index is 2.03. The van der Waals surface area contributed by atoms with Crippen LogP contribution in [0, 0.1) is 0 Å². The lowest BCUT2D eigenvalue weighted by atomic mass is 10.0. The standard InChI is InChI=1S/C17H24NO4P/c1-12-10-17(23(19,21-4)22-5)16(18(17)11-13(12)2)14-6-8-15(20-3)9-7-14/h6-9,16H,10-11H2,1-5H3/t16-,17+,18?/m1/s1. The summed E-state index contributed by atoms with van der Waals surface area (Å²) in [6.07, 6.45) is 0.703. The van der Waals surface area contributed by atoms with Gasteiger partial charge in [0.05, 0.1) is 13.2 Å². The zero-order chi connectivity index (χ0) is 16.8. The fourth-order valence-corrected chi connectivity index (χ4v) is 6.01. The Morgan fingerprint density at radius 1 is 1.09 bits per heavy atom. The molecule has 1 aromatic carbocycles. The van der Waals surface area contributed by atoms with Crippen LogP contribution in [0.1, 0.15) is 31.9 Å². The van der Waals surface area contributed by atoms with Crippen molar-refractivity contribution in [1.82, 2.24) is 4.90 Å². The van der Waals surface area contributed by atoms with Crippen LogP contribution < -0.4 is 4.74 Å². The minimum absolute atomic E-state index is 0.0338. The smallest absolute Gasteiger partial charge is 0.352 e. The molecule has 0 spiro atoms. The fourth-order valence-electron chi connectivity index (χ4n) is 3.76. The van der Waals surface area contributed by atoms with Crippen molar-refractivity contribution in [2.45, 2.75) is 31.6 Å². The molecule has 1 saturated heterocycles. The molecule has 0 aliphatic carbocycles. The predicted octanol–water partition coefficient (Wildman–Crippen LogP) is 3.97. The number of hydrogen-bond donors (Lipinski definition) is 0. The molecule has 2 heterocycles. The number of ether oxygens (including phenoxy) is 1. The predicted molar refractivity (Wildman–Crippen MR) is 89.8 cm³/mol. The molecular weight excluding hydrogens is 313 g/mol. The van der Waals surface area contributed by atoms with Gasteiger partial charge < -0.3 is 13.8 Å². The van der Waals surface area contributed by atoms with Crippen molar-refractivity contribution in [3.8, 4) is 5.75 Å². The van der Waals surface area contributed by atoms with E-state index in [1.54, 1.807) is 7.11 Å². The minimum atomic E-state index is -3.24. The molecular formula is C17H24NO4P. The van der Waals surface area contributed by atoms with Crippen LogP contribution in [0.2, 0.25) is 0 Å². The van der Waals surface area contributed by atoms with Crippen LogP contribution in [0.15, 0.2) is 35.4 Å². The molecule has 1 unspecified atom stereocenters. The summed E-state index contributed by atoms with van der Waals surface area (Å²) in [6, 6.07) is 7.97. The van der Waals surface area contributed by atoms with E-state index in [-0.39, 0.29) is 6.04 Å². The van der Waals surface area contributed by atoms with Crippen LogP contribution >= 0.6 is 7.60 Å². The van der Waals surface area contributed by atoms with Crippen LogP contribution in [-0.4, -0.2) is 38.1 Å². The number of benzene rings is 1. The van der Waals surface area contributed by atoms with E-state index in [2.05, 4.69) is 18.7 Å². The number of rotatable bonds is 5. The second-order valence-corrected chi connectivity index (χ2v) is 8.78. The van der Waals surface area contributed by atoms with Gasteiger partial charge in [0, 0.05) is 27.2 Å². The molecule has 0 saturated carbocycles. The van der Waals surface area contributed by atoms with E-state index in [1.807, 2.05) is 24.3 Å². The molecule has 23 heavy (non-hydrogen) atoms. The third-order valence-corrected chi connectivity index (χ3v) is 7.80. The zero-order valence-electron chi connectivity index (χ0n) is 14.3. The Labute approximate surface area is 137 Å². The lowest BCUT2D eigenvalue weighted by Crippen LogP contribution is -2.27. The maximum absolute atomic E-state index is 13.3. The largest absolute Gasteiger partial charge is 0.497 e. The highest BCUT2D eigenvalue weighted by molar-refractivity contribution is 7.56. The Bertz CT molecular complexity index is 676. The second kappa shape index (κ2) is 5.75. The van der Waals surface area contributed by atoms with Crippen molar-refractivity contribution in [2.24, 2.45) is 0 Å². The van der Waals surface area contributed by atoms with Gasteiger partial charge in [0.1, 0.15) is 11.0 Å². The van der Waals surface area contributed by atoms with Crippen LogP contribution in [0.25, 0.3) is 0 Å². The Morgan fingerprint density at radius 3 is 2.22 bits per heavy atom. The average Bonchev–Trinajstić information content (AvgIpc) is 3.23. The average molecular weight is 337 g/mol. The molecule has 0 N–H and O–H groups in total. The summed E-state index contributed by atoms with van der Waals surface area (Å²) < 4.78 is 29.3. The van der Waals surface area contributed by atoms with E-state index in [0.29, 0.717) is 6.42 Å². The SMILES string of the molecule is COc1ccc([C@H]2N3CC(C)=C(C)C[C@]23P(=O)(OC)OC)cc1. The fraction of sp³-hybridized carbons (Fsp3) is 0.529. The van der Waals surface area contributed by atoms with Gasteiger partial charge in [0.2, 0.25) is 0 Å². The van der Waals surface area contributed by atoms with Gasteiger partial charge in [-0.2, -0.15) is 0 Å². The van der Waals surface area contributed by atoms with Gasteiger partial charge in [0.15, 0.2) is 0 Å². The van der Waals surface area contributed by atoms with Gasteiger partial charge >= 0.3 is 7.60 Å². The van der Waals surface area contributed by atoms with E-state index in [1.165, 1.54) is 25.4 Å².